The molecule has 1 fully saturated rings. The predicted octanol–water partition coefficient (Wildman–Crippen LogP) is 1.95. The van der Waals surface area contributed by atoms with E-state index < -0.39 is 0 Å². The average molecular weight is 268 g/mol. The topological polar surface area (TPSA) is 66.9 Å². The molecule has 0 radical (unpaired) electrons. The first-order valence-corrected chi connectivity index (χ1v) is 7.00. The van der Waals surface area contributed by atoms with Crippen molar-refractivity contribution < 1.29 is 4.79 Å². The maximum Gasteiger partial charge on any atom is 0.220 e. The summed E-state index contributed by atoms with van der Waals surface area (Å²) in [4.78, 5) is 15.9. The molecule has 2 rings (SSSR count). The summed E-state index contributed by atoms with van der Waals surface area (Å²) in [5.74, 6) is 0.927. The molecule has 18 heavy (non-hydrogen) atoms. The standard InChI is InChI=1S/C12H20N4OS/c1-7-13-11(18-16-7)14-8-5-6-9(17)15-10(8)12(2,3)4/h8,10H,5-6H2,1-4H3,(H,15,17)(H,13,14,16)/t8-,10-/m1/s1. The third kappa shape index (κ3) is 2.98. The quantitative estimate of drug-likeness (QED) is 0.860. The Bertz CT molecular complexity index is 438. The minimum atomic E-state index is 0.0213. The Morgan fingerprint density at radius 2 is 2.17 bits per heavy atom. The van der Waals surface area contributed by atoms with E-state index >= 15 is 0 Å². The first-order valence-electron chi connectivity index (χ1n) is 6.22. The molecule has 1 amide bonds. The summed E-state index contributed by atoms with van der Waals surface area (Å²) in [6, 6.07) is 0.331. The lowest BCUT2D eigenvalue weighted by Crippen LogP contribution is -2.57. The molecule has 0 spiro atoms. The van der Waals surface area contributed by atoms with Gasteiger partial charge in [-0.25, -0.2) is 4.98 Å². The van der Waals surface area contributed by atoms with Gasteiger partial charge in [0.25, 0.3) is 0 Å². The van der Waals surface area contributed by atoms with Gasteiger partial charge in [0.2, 0.25) is 11.0 Å². The second-order valence-electron chi connectivity index (χ2n) is 5.85. The van der Waals surface area contributed by atoms with Crippen molar-refractivity contribution in [2.75, 3.05) is 5.32 Å². The van der Waals surface area contributed by atoms with E-state index in [2.05, 4.69) is 40.8 Å². The van der Waals surface area contributed by atoms with Crippen LogP contribution in [0.4, 0.5) is 5.13 Å². The highest BCUT2D eigenvalue weighted by Gasteiger charge is 2.37. The fourth-order valence-electron chi connectivity index (χ4n) is 2.29. The molecular weight excluding hydrogens is 248 g/mol. The molecule has 0 bridgehead atoms. The highest BCUT2D eigenvalue weighted by Crippen LogP contribution is 2.29. The molecule has 1 aromatic heterocycles. The van der Waals surface area contributed by atoms with Crippen molar-refractivity contribution >= 4 is 22.6 Å². The highest BCUT2D eigenvalue weighted by atomic mass is 32.1. The van der Waals surface area contributed by atoms with Crippen LogP contribution in [-0.2, 0) is 4.79 Å². The predicted molar refractivity (Wildman–Crippen MR) is 72.7 cm³/mol. The Balaban J connectivity index is 2.11. The van der Waals surface area contributed by atoms with Crippen LogP contribution >= 0.6 is 11.5 Å². The molecule has 6 heteroatoms. The smallest absolute Gasteiger partial charge is 0.220 e. The van der Waals surface area contributed by atoms with Crippen molar-refractivity contribution in [3.05, 3.63) is 5.82 Å². The molecule has 0 unspecified atom stereocenters. The zero-order chi connectivity index (χ0) is 13.3. The second kappa shape index (κ2) is 4.84. The number of carbonyl (C=O) groups excluding carboxylic acids is 1. The van der Waals surface area contributed by atoms with Gasteiger partial charge in [-0.15, -0.1) is 0 Å². The minimum Gasteiger partial charge on any atom is -0.355 e. The van der Waals surface area contributed by atoms with Crippen LogP contribution in [0.3, 0.4) is 0 Å². The maximum absolute atomic E-state index is 11.6. The van der Waals surface area contributed by atoms with Crippen LogP contribution in [-0.4, -0.2) is 27.3 Å². The number of anilines is 1. The molecule has 1 aromatic rings. The Kier molecular flexibility index (Phi) is 3.56. The lowest BCUT2D eigenvalue weighted by molar-refractivity contribution is -0.124. The van der Waals surface area contributed by atoms with Gasteiger partial charge in [0.15, 0.2) is 0 Å². The minimum absolute atomic E-state index is 0.0213. The van der Waals surface area contributed by atoms with E-state index in [1.165, 1.54) is 11.5 Å². The molecule has 1 saturated heterocycles. The largest absolute Gasteiger partial charge is 0.355 e. The Morgan fingerprint density at radius 1 is 1.44 bits per heavy atom. The Morgan fingerprint density at radius 3 is 2.72 bits per heavy atom. The summed E-state index contributed by atoms with van der Waals surface area (Å²) in [5, 5.41) is 7.33. The van der Waals surface area contributed by atoms with Crippen molar-refractivity contribution in [1.29, 1.82) is 0 Å². The monoisotopic (exact) mass is 268 g/mol. The van der Waals surface area contributed by atoms with Gasteiger partial charge >= 0.3 is 0 Å². The van der Waals surface area contributed by atoms with E-state index in [1.54, 1.807) is 0 Å². The molecule has 2 atom stereocenters. The van der Waals surface area contributed by atoms with Crippen molar-refractivity contribution in [2.24, 2.45) is 5.41 Å². The van der Waals surface area contributed by atoms with Crippen LogP contribution in [0, 0.1) is 12.3 Å². The molecule has 5 nitrogen and oxygen atoms in total. The summed E-state index contributed by atoms with van der Waals surface area (Å²) in [7, 11) is 0. The number of hydrogen-bond acceptors (Lipinski definition) is 5. The highest BCUT2D eigenvalue weighted by molar-refractivity contribution is 7.09. The van der Waals surface area contributed by atoms with Gasteiger partial charge < -0.3 is 10.6 Å². The molecule has 0 saturated carbocycles. The van der Waals surface area contributed by atoms with Gasteiger partial charge in [0, 0.05) is 24.0 Å². The fourth-order valence-corrected chi connectivity index (χ4v) is 2.93. The number of hydrogen-bond donors (Lipinski definition) is 2. The van der Waals surface area contributed by atoms with Crippen molar-refractivity contribution in [3.8, 4) is 0 Å². The molecule has 0 aromatic carbocycles. The molecule has 1 aliphatic rings. The van der Waals surface area contributed by atoms with E-state index in [0.717, 1.165) is 17.4 Å². The second-order valence-corrected chi connectivity index (χ2v) is 6.60. The fraction of sp³-hybridized carbons (Fsp3) is 0.750. The number of aryl methyl sites for hydroxylation is 1. The average Bonchev–Trinajstić information content (AvgIpc) is 2.65. The van der Waals surface area contributed by atoms with Crippen LogP contribution in [0.25, 0.3) is 0 Å². The normalized spacial score (nSPS) is 24.8. The van der Waals surface area contributed by atoms with Crippen molar-refractivity contribution in [2.45, 2.75) is 52.6 Å². The Hall–Kier alpha value is -1.17. The number of amides is 1. The van der Waals surface area contributed by atoms with E-state index in [0.29, 0.717) is 6.42 Å². The van der Waals surface area contributed by atoms with Gasteiger partial charge in [-0.2, -0.15) is 4.37 Å². The summed E-state index contributed by atoms with van der Waals surface area (Å²) in [5.41, 5.74) is 0.0213. The SMILES string of the molecule is Cc1nsc(N[C@@H]2CCC(=O)N[C@H]2C(C)(C)C)n1. The van der Waals surface area contributed by atoms with E-state index in [-0.39, 0.29) is 23.4 Å². The number of carbonyl (C=O) groups is 1. The van der Waals surface area contributed by atoms with Crippen LogP contribution in [0.5, 0.6) is 0 Å². The number of nitrogens with zero attached hydrogens (tertiary/aromatic N) is 2. The van der Waals surface area contributed by atoms with E-state index in [9.17, 15) is 4.79 Å². The van der Waals surface area contributed by atoms with Gasteiger partial charge in [0.05, 0.1) is 6.04 Å². The Labute approximate surface area is 112 Å². The number of nitrogens with one attached hydrogen (secondary N) is 2. The zero-order valence-corrected chi connectivity index (χ0v) is 12.1. The van der Waals surface area contributed by atoms with Gasteiger partial charge in [-0.05, 0) is 18.8 Å². The summed E-state index contributed by atoms with van der Waals surface area (Å²) < 4.78 is 4.16. The summed E-state index contributed by atoms with van der Waals surface area (Å²) >= 11 is 1.37. The molecule has 100 valence electrons. The maximum atomic E-state index is 11.6. The first kappa shape index (κ1) is 13.3. The van der Waals surface area contributed by atoms with Gasteiger partial charge in [-0.1, -0.05) is 20.8 Å². The summed E-state index contributed by atoms with van der Waals surface area (Å²) in [6.07, 6.45) is 1.41. The van der Waals surface area contributed by atoms with Crippen LogP contribution in [0.2, 0.25) is 0 Å². The van der Waals surface area contributed by atoms with Gasteiger partial charge in [-0.3, -0.25) is 4.79 Å². The first-order chi connectivity index (χ1) is 8.36. The van der Waals surface area contributed by atoms with E-state index in [4.69, 9.17) is 0 Å². The lowest BCUT2D eigenvalue weighted by Gasteiger charge is -2.40. The third-order valence-corrected chi connectivity index (χ3v) is 3.91. The molecule has 2 N–H and O–H groups in total. The lowest BCUT2D eigenvalue weighted by atomic mass is 9.79. The third-order valence-electron chi connectivity index (χ3n) is 3.17. The van der Waals surface area contributed by atoms with E-state index in [1.807, 2.05) is 6.92 Å². The molecular formula is C12H20N4OS. The molecule has 0 aliphatic carbocycles. The number of rotatable bonds is 2. The van der Waals surface area contributed by atoms with Crippen LogP contribution < -0.4 is 10.6 Å². The molecule has 2 heterocycles. The van der Waals surface area contributed by atoms with Crippen LogP contribution in [0.1, 0.15) is 39.4 Å². The number of aromatic nitrogens is 2. The van der Waals surface area contributed by atoms with Crippen molar-refractivity contribution in [1.82, 2.24) is 14.7 Å². The van der Waals surface area contributed by atoms with Gasteiger partial charge in [0.1, 0.15) is 5.82 Å². The van der Waals surface area contributed by atoms with Crippen LogP contribution in [0.15, 0.2) is 0 Å². The zero-order valence-electron chi connectivity index (χ0n) is 11.3. The molecule has 1 aliphatic heterocycles. The van der Waals surface area contributed by atoms with Crippen molar-refractivity contribution in [3.63, 3.8) is 0 Å². The summed E-state index contributed by atoms with van der Waals surface area (Å²) in [6.45, 7) is 8.31. The number of piperidine rings is 1.